The molecule has 0 spiro atoms. The van der Waals surface area contributed by atoms with E-state index < -0.39 is 54.0 Å². The lowest BCUT2D eigenvalue weighted by Gasteiger charge is -2.18. The van der Waals surface area contributed by atoms with Gasteiger partial charge in [-0.2, -0.15) is 0 Å². The largest absolute Gasteiger partial charge is 0.487 e. The summed E-state index contributed by atoms with van der Waals surface area (Å²) in [5.41, 5.74) is 0.367. The quantitative estimate of drug-likeness (QED) is 0.0778. The van der Waals surface area contributed by atoms with Crippen molar-refractivity contribution in [3.8, 4) is 5.75 Å². The summed E-state index contributed by atoms with van der Waals surface area (Å²) in [5.74, 6) is -3.79. The fourth-order valence-corrected chi connectivity index (χ4v) is 3.50. The third kappa shape index (κ3) is 11.3. The van der Waals surface area contributed by atoms with Crippen LogP contribution < -0.4 is 20.7 Å². The van der Waals surface area contributed by atoms with Crippen LogP contribution in [0.5, 0.6) is 5.75 Å². The number of aliphatic carboxylic acids is 3. The lowest BCUT2D eigenvalue weighted by atomic mass is 10.1. The van der Waals surface area contributed by atoms with E-state index in [1.807, 2.05) is 5.32 Å². The van der Waals surface area contributed by atoms with Gasteiger partial charge in [-0.15, -0.1) is 5.10 Å². The molecular weight excluding hydrogens is 553 g/mol. The minimum Gasteiger partial charge on any atom is -0.487 e. The number of rotatable bonds is 19. The number of nitrogens with one attached hydrogen (secondary N) is 3. The highest BCUT2D eigenvalue weighted by molar-refractivity contribution is 5.86. The van der Waals surface area contributed by atoms with Gasteiger partial charge in [-0.25, -0.2) is 23.5 Å². The molecule has 2 aromatic rings. The number of ether oxygens (including phenoxy) is 1. The number of benzene rings is 1. The first kappa shape index (κ1) is 32.2. The lowest BCUT2D eigenvalue weighted by molar-refractivity contribution is -0.384. The zero-order chi connectivity index (χ0) is 30.4. The Kier molecular flexibility index (Phi) is 12.7. The number of carbonyl (C=O) groups is 4. The first-order chi connectivity index (χ1) is 19.5. The second-order valence-electron chi connectivity index (χ2n) is 8.64. The van der Waals surface area contributed by atoms with Gasteiger partial charge in [0.1, 0.15) is 42.5 Å². The van der Waals surface area contributed by atoms with Crippen LogP contribution in [-0.4, -0.2) is 84.5 Å². The number of alkyl halides is 1. The average molecular weight is 584 g/mol. The summed E-state index contributed by atoms with van der Waals surface area (Å²) >= 11 is 0. The summed E-state index contributed by atoms with van der Waals surface area (Å²) < 4.78 is 19.3. The molecule has 0 unspecified atom stereocenters. The number of hydrogen-bond donors (Lipinski definition) is 6. The van der Waals surface area contributed by atoms with E-state index in [1.54, 1.807) is 0 Å². The highest BCUT2D eigenvalue weighted by atomic mass is 19.1. The molecular formula is C23H30FN7O10. The number of nitro benzene ring substituents is 1. The fourth-order valence-electron chi connectivity index (χ4n) is 3.50. The van der Waals surface area contributed by atoms with Crippen LogP contribution in [0, 0.1) is 10.1 Å². The van der Waals surface area contributed by atoms with E-state index in [9.17, 15) is 38.8 Å². The molecule has 0 aliphatic carbocycles. The van der Waals surface area contributed by atoms with Crippen molar-refractivity contribution >= 4 is 35.3 Å². The van der Waals surface area contributed by atoms with E-state index >= 15 is 0 Å². The summed E-state index contributed by atoms with van der Waals surface area (Å²) in [5, 5.41) is 53.3. The van der Waals surface area contributed by atoms with Crippen LogP contribution in [0.25, 0.3) is 0 Å². The average Bonchev–Trinajstić information content (AvgIpc) is 3.36. The Balaban J connectivity index is 1.87. The predicted molar refractivity (Wildman–Crippen MR) is 137 cm³/mol. The molecule has 0 radical (unpaired) electrons. The standard InChI is InChI=1S/C23H30FN7O10/c24-8-10-30-12-14(28-29-30)13-41-15-4-6-19(31(39)40)18(11-15)25-9-2-1-3-16(21(34)35)26-23(38)27-17(22(36)37)5-7-20(32)33/h4,6,11-12,16-17,25H,1-3,5,7-10,13H2,(H,32,33)(H,34,35)(H,36,37)(H2,26,27,38)/t16-,17-/m0/s1. The zero-order valence-electron chi connectivity index (χ0n) is 21.7. The van der Waals surface area contributed by atoms with Crippen LogP contribution in [0.3, 0.4) is 0 Å². The summed E-state index contributed by atoms with van der Waals surface area (Å²) in [7, 11) is 0. The third-order valence-electron chi connectivity index (χ3n) is 5.54. The number of anilines is 1. The molecule has 224 valence electrons. The number of carboxylic acids is 3. The lowest BCUT2D eigenvalue weighted by Crippen LogP contribution is -2.51. The number of carbonyl (C=O) groups excluding carboxylic acids is 1. The Bertz CT molecular complexity index is 1230. The molecule has 0 saturated heterocycles. The Hall–Kier alpha value is -5.03. The number of amides is 2. The van der Waals surface area contributed by atoms with Crippen LogP contribution in [0.2, 0.25) is 0 Å². The van der Waals surface area contributed by atoms with E-state index in [1.165, 1.54) is 29.1 Å². The van der Waals surface area contributed by atoms with Crippen LogP contribution >= 0.6 is 0 Å². The van der Waals surface area contributed by atoms with Gasteiger partial charge < -0.3 is 36.0 Å². The monoisotopic (exact) mass is 583 g/mol. The fraction of sp³-hybridized carbons (Fsp3) is 0.478. The van der Waals surface area contributed by atoms with Crippen LogP contribution in [0.15, 0.2) is 24.4 Å². The second kappa shape index (κ2) is 16.2. The molecule has 17 nitrogen and oxygen atoms in total. The van der Waals surface area contributed by atoms with E-state index in [0.717, 1.165) is 0 Å². The van der Waals surface area contributed by atoms with Gasteiger partial charge >= 0.3 is 23.9 Å². The maximum Gasteiger partial charge on any atom is 0.326 e. The Morgan fingerprint density at radius 2 is 1.76 bits per heavy atom. The van der Waals surface area contributed by atoms with Crippen LogP contribution in [0.4, 0.5) is 20.6 Å². The third-order valence-corrected chi connectivity index (χ3v) is 5.54. The number of carboxylic acid groups (broad SMARTS) is 3. The van der Waals surface area contributed by atoms with Gasteiger partial charge in [-0.3, -0.25) is 14.9 Å². The number of aromatic nitrogens is 3. The van der Waals surface area contributed by atoms with Gasteiger partial charge in [-0.1, -0.05) is 5.21 Å². The Labute approximate surface area is 231 Å². The van der Waals surface area contributed by atoms with E-state index in [2.05, 4.69) is 20.9 Å². The maximum absolute atomic E-state index is 12.4. The van der Waals surface area contributed by atoms with Crippen molar-refractivity contribution in [2.45, 2.75) is 57.3 Å². The molecule has 1 aromatic carbocycles. The van der Waals surface area contributed by atoms with Gasteiger partial charge in [0.05, 0.1) is 17.7 Å². The molecule has 0 aliphatic heterocycles. The van der Waals surface area contributed by atoms with Gasteiger partial charge in [0.15, 0.2) is 0 Å². The molecule has 0 saturated carbocycles. The Morgan fingerprint density at radius 1 is 1.07 bits per heavy atom. The molecule has 6 N–H and O–H groups in total. The molecule has 2 rings (SSSR count). The van der Waals surface area contributed by atoms with Gasteiger partial charge in [0.2, 0.25) is 0 Å². The van der Waals surface area contributed by atoms with Crippen molar-refractivity contribution < 1.29 is 48.5 Å². The predicted octanol–water partition coefficient (Wildman–Crippen LogP) is 1.39. The van der Waals surface area contributed by atoms with E-state index in [0.29, 0.717) is 17.9 Å². The second-order valence-corrected chi connectivity index (χ2v) is 8.64. The summed E-state index contributed by atoms with van der Waals surface area (Å²) in [6.45, 7) is -0.355. The molecule has 1 heterocycles. The van der Waals surface area contributed by atoms with Crippen molar-refractivity contribution in [1.82, 2.24) is 25.6 Å². The summed E-state index contributed by atoms with van der Waals surface area (Å²) in [4.78, 5) is 56.3. The minimum absolute atomic E-state index is 0.00649. The topological polar surface area (TPSA) is 248 Å². The zero-order valence-corrected chi connectivity index (χ0v) is 21.7. The van der Waals surface area contributed by atoms with Crippen molar-refractivity contribution in [3.63, 3.8) is 0 Å². The van der Waals surface area contributed by atoms with E-state index in [4.69, 9.17) is 14.9 Å². The molecule has 0 bridgehead atoms. The number of urea groups is 1. The first-order valence-electron chi connectivity index (χ1n) is 12.3. The van der Waals surface area contributed by atoms with Crippen molar-refractivity contribution in [2.75, 3.05) is 18.5 Å². The first-order valence-corrected chi connectivity index (χ1v) is 12.3. The van der Waals surface area contributed by atoms with Crippen molar-refractivity contribution in [2.24, 2.45) is 0 Å². The number of unbranched alkanes of at least 4 members (excludes halogenated alkanes) is 1. The number of hydrogen-bond acceptors (Lipinski definition) is 10. The number of nitrogens with zero attached hydrogens (tertiary/aromatic N) is 4. The highest BCUT2D eigenvalue weighted by Crippen LogP contribution is 2.29. The molecule has 0 aliphatic rings. The smallest absolute Gasteiger partial charge is 0.326 e. The van der Waals surface area contributed by atoms with E-state index in [-0.39, 0.29) is 50.3 Å². The van der Waals surface area contributed by atoms with Crippen LogP contribution in [0.1, 0.15) is 37.8 Å². The Morgan fingerprint density at radius 3 is 2.37 bits per heavy atom. The number of nitro groups is 1. The van der Waals surface area contributed by atoms with Crippen molar-refractivity contribution in [3.05, 3.63) is 40.2 Å². The maximum atomic E-state index is 12.4. The summed E-state index contributed by atoms with van der Waals surface area (Å²) in [6, 6.07) is 0.111. The van der Waals surface area contributed by atoms with Gasteiger partial charge in [-0.05, 0) is 31.7 Å². The molecule has 1 aromatic heterocycles. The minimum atomic E-state index is -1.52. The number of aryl methyl sites for hydroxylation is 1. The molecule has 2 amide bonds. The highest BCUT2D eigenvalue weighted by Gasteiger charge is 2.25. The normalized spacial score (nSPS) is 12.1. The molecule has 41 heavy (non-hydrogen) atoms. The van der Waals surface area contributed by atoms with Crippen LogP contribution in [-0.2, 0) is 27.5 Å². The van der Waals surface area contributed by atoms with Crippen molar-refractivity contribution in [1.29, 1.82) is 0 Å². The summed E-state index contributed by atoms with van der Waals surface area (Å²) in [6.07, 6.45) is 1.20. The molecule has 18 heteroatoms. The molecule has 2 atom stereocenters. The SMILES string of the molecule is O=C(O)CC[C@H](NC(=O)N[C@@H](CCCCNc1cc(OCc2cn(CCF)nn2)ccc1[N+](=O)[O-])C(=O)O)C(=O)O. The number of halogens is 1. The molecule has 0 fully saturated rings. The van der Waals surface area contributed by atoms with Gasteiger partial charge in [0, 0.05) is 25.1 Å². The van der Waals surface area contributed by atoms with Gasteiger partial charge in [0.25, 0.3) is 5.69 Å².